The van der Waals surface area contributed by atoms with Crippen LogP contribution in [0.5, 0.6) is 0 Å². The van der Waals surface area contributed by atoms with Crippen molar-refractivity contribution in [1.82, 2.24) is 9.88 Å². The summed E-state index contributed by atoms with van der Waals surface area (Å²) in [4.78, 5) is 6.58. The van der Waals surface area contributed by atoms with Gasteiger partial charge in [-0.25, -0.2) is 0 Å². The van der Waals surface area contributed by atoms with Crippen LogP contribution in [0.25, 0.3) is 0 Å². The summed E-state index contributed by atoms with van der Waals surface area (Å²) in [5.74, 6) is 2.66. The molecule has 1 rings (SSSR count). The summed E-state index contributed by atoms with van der Waals surface area (Å²) < 4.78 is 0. The largest absolute Gasteiger partial charge is 0.297 e. The maximum atomic E-state index is 5.23. The van der Waals surface area contributed by atoms with Gasteiger partial charge in [0.1, 0.15) is 0 Å². The molecule has 0 unspecified atom stereocenters. The number of rotatable bonds is 5. The van der Waals surface area contributed by atoms with Gasteiger partial charge in [-0.15, -0.1) is 12.3 Å². The van der Waals surface area contributed by atoms with Crippen molar-refractivity contribution in [3.63, 3.8) is 0 Å². The highest BCUT2D eigenvalue weighted by Crippen LogP contribution is 2.01. The van der Waals surface area contributed by atoms with Crippen molar-refractivity contribution in [3.8, 4) is 12.3 Å². The summed E-state index contributed by atoms with van der Waals surface area (Å²) in [6.07, 6.45) is 7.86. The Hall–Kier alpha value is -1.33. The van der Waals surface area contributed by atoms with E-state index in [1.807, 2.05) is 24.4 Å². The molecule has 1 aromatic heterocycles. The van der Waals surface area contributed by atoms with Gasteiger partial charge in [0.25, 0.3) is 0 Å². The molecule has 0 N–H and O–H groups in total. The molecule has 1 aromatic rings. The van der Waals surface area contributed by atoms with Gasteiger partial charge >= 0.3 is 0 Å². The third kappa shape index (κ3) is 3.59. The Morgan fingerprint density at radius 1 is 1.50 bits per heavy atom. The van der Waals surface area contributed by atoms with E-state index in [1.165, 1.54) is 0 Å². The number of terminal acetylenes is 1. The van der Waals surface area contributed by atoms with E-state index in [0.717, 1.165) is 31.7 Å². The average molecular weight is 188 g/mol. The van der Waals surface area contributed by atoms with Crippen LogP contribution in [-0.2, 0) is 6.54 Å². The summed E-state index contributed by atoms with van der Waals surface area (Å²) in [7, 11) is 0. The highest BCUT2D eigenvalue weighted by molar-refractivity contribution is 5.03. The Morgan fingerprint density at radius 2 is 2.36 bits per heavy atom. The van der Waals surface area contributed by atoms with Crippen molar-refractivity contribution < 1.29 is 0 Å². The molecule has 14 heavy (non-hydrogen) atoms. The Morgan fingerprint density at radius 3 is 2.93 bits per heavy atom. The van der Waals surface area contributed by atoms with E-state index in [2.05, 4.69) is 22.7 Å². The van der Waals surface area contributed by atoms with Gasteiger partial charge in [0.15, 0.2) is 0 Å². The normalized spacial score (nSPS) is 10.1. The highest BCUT2D eigenvalue weighted by atomic mass is 15.1. The van der Waals surface area contributed by atoms with E-state index >= 15 is 0 Å². The van der Waals surface area contributed by atoms with Crippen molar-refractivity contribution in [2.24, 2.45) is 0 Å². The lowest BCUT2D eigenvalue weighted by Crippen LogP contribution is -2.24. The van der Waals surface area contributed by atoms with Crippen LogP contribution in [0.3, 0.4) is 0 Å². The van der Waals surface area contributed by atoms with Crippen LogP contribution in [-0.4, -0.2) is 23.0 Å². The van der Waals surface area contributed by atoms with Crippen LogP contribution >= 0.6 is 0 Å². The Labute approximate surface area is 86.0 Å². The van der Waals surface area contributed by atoms with Crippen LogP contribution in [0.2, 0.25) is 0 Å². The number of hydrogen-bond acceptors (Lipinski definition) is 2. The summed E-state index contributed by atoms with van der Waals surface area (Å²) in [6, 6.07) is 5.98. The van der Waals surface area contributed by atoms with Gasteiger partial charge in [0, 0.05) is 25.7 Å². The van der Waals surface area contributed by atoms with E-state index in [4.69, 9.17) is 6.42 Å². The second-order valence-electron chi connectivity index (χ2n) is 3.14. The van der Waals surface area contributed by atoms with Crippen molar-refractivity contribution in [3.05, 3.63) is 30.1 Å². The van der Waals surface area contributed by atoms with E-state index in [1.54, 1.807) is 0 Å². The maximum absolute atomic E-state index is 5.23. The van der Waals surface area contributed by atoms with E-state index in [9.17, 15) is 0 Å². The van der Waals surface area contributed by atoms with Gasteiger partial charge in [-0.2, -0.15) is 0 Å². The van der Waals surface area contributed by atoms with E-state index in [-0.39, 0.29) is 0 Å². The molecule has 0 atom stereocenters. The standard InChI is InChI=1S/C12H16N2/c1-3-5-10-14(4-2)11-12-8-6-7-9-13-12/h1,6-9H,4-5,10-11H2,2H3. The minimum Gasteiger partial charge on any atom is -0.297 e. The molecule has 74 valence electrons. The maximum Gasteiger partial charge on any atom is 0.0543 e. The third-order valence-electron chi connectivity index (χ3n) is 2.13. The molecular weight excluding hydrogens is 172 g/mol. The minimum absolute atomic E-state index is 0.806. The molecule has 0 saturated carbocycles. The molecule has 0 aromatic carbocycles. The summed E-state index contributed by atoms with van der Waals surface area (Å²) >= 11 is 0. The van der Waals surface area contributed by atoms with Crippen LogP contribution in [0, 0.1) is 12.3 Å². The Kier molecular flexibility index (Phi) is 4.74. The lowest BCUT2D eigenvalue weighted by atomic mass is 10.3. The molecule has 0 aliphatic rings. The van der Waals surface area contributed by atoms with Gasteiger partial charge in [0.05, 0.1) is 5.69 Å². The molecule has 0 saturated heterocycles. The minimum atomic E-state index is 0.806. The van der Waals surface area contributed by atoms with Gasteiger partial charge in [-0.05, 0) is 18.7 Å². The van der Waals surface area contributed by atoms with Gasteiger partial charge < -0.3 is 0 Å². The number of pyridine rings is 1. The zero-order valence-electron chi connectivity index (χ0n) is 8.61. The van der Waals surface area contributed by atoms with Crippen LogP contribution < -0.4 is 0 Å². The zero-order chi connectivity index (χ0) is 10.2. The van der Waals surface area contributed by atoms with Crippen LogP contribution in [0.1, 0.15) is 19.0 Å². The van der Waals surface area contributed by atoms with Gasteiger partial charge in [-0.3, -0.25) is 9.88 Å². The van der Waals surface area contributed by atoms with Crippen LogP contribution in [0.15, 0.2) is 24.4 Å². The highest BCUT2D eigenvalue weighted by Gasteiger charge is 2.02. The third-order valence-corrected chi connectivity index (χ3v) is 2.13. The smallest absolute Gasteiger partial charge is 0.0543 e. The van der Waals surface area contributed by atoms with Crippen molar-refractivity contribution >= 4 is 0 Å². The first-order chi connectivity index (χ1) is 6.86. The molecule has 0 fully saturated rings. The predicted molar refractivity (Wildman–Crippen MR) is 58.6 cm³/mol. The summed E-state index contributed by atoms with van der Waals surface area (Å²) in [5.41, 5.74) is 1.10. The molecule has 2 heteroatoms. The number of nitrogens with zero attached hydrogens (tertiary/aromatic N) is 2. The zero-order valence-corrected chi connectivity index (χ0v) is 8.61. The van der Waals surface area contributed by atoms with Crippen molar-refractivity contribution in [2.45, 2.75) is 19.9 Å². The molecule has 0 radical (unpaired) electrons. The first kappa shape index (κ1) is 10.7. The van der Waals surface area contributed by atoms with Gasteiger partial charge in [0.2, 0.25) is 0 Å². The second kappa shape index (κ2) is 6.17. The monoisotopic (exact) mass is 188 g/mol. The van der Waals surface area contributed by atoms with Gasteiger partial charge in [-0.1, -0.05) is 13.0 Å². The van der Waals surface area contributed by atoms with Crippen molar-refractivity contribution in [1.29, 1.82) is 0 Å². The quantitative estimate of drug-likeness (QED) is 0.656. The lowest BCUT2D eigenvalue weighted by Gasteiger charge is -2.18. The number of aromatic nitrogens is 1. The SMILES string of the molecule is C#CCCN(CC)Cc1ccccn1. The fourth-order valence-electron chi connectivity index (χ4n) is 1.29. The molecule has 0 amide bonds. The fraction of sp³-hybridized carbons (Fsp3) is 0.417. The topological polar surface area (TPSA) is 16.1 Å². The molecular formula is C12H16N2. The first-order valence-electron chi connectivity index (χ1n) is 4.92. The average Bonchev–Trinajstić information content (AvgIpc) is 2.25. The number of hydrogen-bond donors (Lipinski definition) is 0. The lowest BCUT2D eigenvalue weighted by molar-refractivity contribution is 0.284. The first-order valence-corrected chi connectivity index (χ1v) is 4.92. The molecule has 0 aliphatic carbocycles. The fourth-order valence-corrected chi connectivity index (χ4v) is 1.29. The summed E-state index contributed by atoms with van der Waals surface area (Å²) in [5, 5.41) is 0. The van der Waals surface area contributed by atoms with E-state index < -0.39 is 0 Å². The van der Waals surface area contributed by atoms with E-state index in [0.29, 0.717) is 0 Å². The van der Waals surface area contributed by atoms with Crippen molar-refractivity contribution in [2.75, 3.05) is 13.1 Å². The predicted octanol–water partition coefficient (Wildman–Crippen LogP) is 1.93. The summed E-state index contributed by atoms with van der Waals surface area (Å²) in [6.45, 7) is 4.99. The van der Waals surface area contributed by atoms with Crippen LogP contribution in [0.4, 0.5) is 0 Å². The molecule has 0 spiro atoms. The second-order valence-corrected chi connectivity index (χ2v) is 3.14. The molecule has 2 nitrogen and oxygen atoms in total. The Bertz CT molecular complexity index is 287. The molecule has 0 aliphatic heterocycles. The Balaban J connectivity index is 2.45. The molecule has 0 bridgehead atoms. The molecule has 1 heterocycles.